The molecule has 26 heavy (non-hydrogen) atoms. The Morgan fingerprint density at radius 1 is 1.19 bits per heavy atom. The molecule has 3 nitrogen and oxygen atoms in total. The van der Waals surface area contributed by atoms with Gasteiger partial charge in [-0.25, -0.2) is 0 Å². The number of carbonyl (C=O) groups is 1. The van der Waals surface area contributed by atoms with Crippen molar-refractivity contribution in [1.29, 1.82) is 0 Å². The first-order chi connectivity index (χ1) is 12.7. The lowest BCUT2D eigenvalue weighted by Crippen LogP contribution is -2.37. The first-order valence-electron chi connectivity index (χ1n) is 9.75. The van der Waals surface area contributed by atoms with Gasteiger partial charge in [0.05, 0.1) is 6.54 Å². The Morgan fingerprint density at radius 2 is 1.96 bits per heavy atom. The third-order valence-electron chi connectivity index (χ3n) is 6.05. The summed E-state index contributed by atoms with van der Waals surface area (Å²) >= 11 is 1.81. The number of nitrogens with one attached hydrogen (secondary N) is 1. The lowest BCUT2D eigenvalue weighted by molar-refractivity contribution is -0.134. The number of benzene rings is 1. The van der Waals surface area contributed by atoms with Gasteiger partial charge in [-0.15, -0.1) is 11.3 Å². The Labute approximate surface area is 160 Å². The van der Waals surface area contributed by atoms with Crippen molar-refractivity contribution in [2.75, 3.05) is 19.6 Å². The Balaban J connectivity index is 1.45. The standard InChI is InChI=1S/C22H28N2OS/c1-17-7-8-19(26-17)16-24(14-9-18-5-3-2-4-6-18)21(25)20-15-22(20)10-12-23-13-11-22/h2-8,20,23H,9-16H2,1H3. The molecule has 2 aromatic rings. The molecule has 1 aliphatic heterocycles. The number of carbonyl (C=O) groups excluding carboxylic acids is 1. The van der Waals surface area contributed by atoms with E-state index in [4.69, 9.17) is 0 Å². The molecular formula is C22H28N2OS. The number of amides is 1. The van der Waals surface area contributed by atoms with E-state index < -0.39 is 0 Å². The highest BCUT2D eigenvalue weighted by Gasteiger charge is 2.58. The molecule has 4 rings (SSSR count). The minimum atomic E-state index is 0.251. The summed E-state index contributed by atoms with van der Waals surface area (Å²) in [6, 6.07) is 14.9. The van der Waals surface area contributed by atoms with Crippen LogP contribution >= 0.6 is 11.3 Å². The quantitative estimate of drug-likeness (QED) is 0.835. The average Bonchev–Trinajstić information content (AvgIpc) is 3.19. The first kappa shape index (κ1) is 17.7. The van der Waals surface area contributed by atoms with E-state index in [2.05, 4.69) is 53.5 Å². The van der Waals surface area contributed by atoms with E-state index in [1.54, 1.807) is 0 Å². The van der Waals surface area contributed by atoms with Crippen LogP contribution in [0.4, 0.5) is 0 Å². The molecule has 0 bridgehead atoms. The molecule has 138 valence electrons. The van der Waals surface area contributed by atoms with Crippen molar-refractivity contribution in [3.8, 4) is 0 Å². The van der Waals surface area contributed by atoms with Gasteiger partial charge in [-0.1, -0.05) is 30.3 Å². The van der Waals surface area contributed by atoms with Gasteiger partial charge in [0.2, 0.25) is 5.91 Å². The van der Waals surface area contributed by atoms with E-state index in [0.717, 1.165) is 51.9 Å². The molecule has 2 aliphatic rings. The number of thiophene rings is 1. The summed E-state index contributed by atoms with van der Waals surface area (Å²) in [5.41, 5.74) is 1.61. The van der Waals surface area contributed by atoms with Gasteiger partial charge in [0.15, 0.2) is 0 Å². The summed E-state index contributed by atoms with van der Waals surface area (Å²) in [7, 11) is 0. The molecule has 2 heterocycles. The molecule has 1 spiro atoms. The highest BCUT2D eigenvalue weighted by molar-refractivity contribution is 7.11. The van der Waals surface area contributed by atoms with E-state index in [-0.39, 0.29) is 5.92 Å². The van der Waals surface area contributed by atoms with Crippen LogP contribution in [-0.4, -0.2) is 30.4 Å². The maximum Gasteiger partial charge on any atom is 0.226 e. The Kier molecular flexibility index (Phi) is 5.14. The van der Waals surface area contributed by atoms with Gasteiger partial charge in [-0.05, 0) is 68.8 Å². The lowest BCUT2D eigenvalue weighted by Gasteiger charge is -2.27. The second-order valence-corrected chi connectivity index (χ2v) is 9.25. The molecule has 1 unspecified atom stereocenters. The van der Waals surface area contributed by atoms with Crippen LogP contribution in [0, 0.1) is 18.3 Å². The van der Waals surface area contributed by atoms with Crippen LogP contribution in [0.5, 0.6) is 0 Å². The predicted octanol–water partition coefficient (Wildman–Crippen LogP) is 4.02. The Hall–Kier alpha value is -1.65. The van der Waals surface area contributed by atoms with E-state index >= 15 is 0 Å². The van der Waals surface area contributed by atoms with Gasteiger partial charge < -0.3 is 10.2 Å². The van der Waals surface area contributed by atoms with Gasteiger partial charge in [0.1, 0.15) is 0 Å². The lowest BCUT2D eigenvalue weighted by atomic mass is 9.91. The van der Waals surface area contributed by atoms with Crippen molar-refractivity contribution in [2.24, 2.45) is 11.3 Å². The van der Waals surface area contributed by atoms with Crippen LogP contribution in [0.2, 0.25) is 0 Å². The van der Waals surface area contributed by atoms with Crippen molar-refractivity contribution in [3.05, 3.63) is 57.8 Å². The van der Waals surface area contributed by atoms with Crippen LogP contribution in [0.15, 0.2) is 42.5 Å². The monoisotopic (exact) mass is 368 g/mol. The van der Waals surface area contributed by atoms with E-state index in [1.807, 2.05) is 17.4 Å². The highest BCUT2D eigenvalue weighted by Crippen LogP contribution is 2.59. The molecular weight excluding hydrogens is 340 g/mol. The number of hydrogen-bond donors (Lipinski definition) is 1. The number of rotatable bonds is 6. The number of piperidine rings is 1. The Bertz CT molecular complexity index is 749. The van der Waals surface area contributed by atoms with Crippen LogP contribution in [0.1, 0.15) is 34.6 Å². The second-order valence-electron chi connectivity index (χ2n) is 7.88. The molecule has 1 aromatic heterocycles. The van der Waals surface area contributed by atoms with Gasteiger partial charge in [-0.3, -0.25) is 4.79 Å². The molecule has 1 saturated heterocycles. The fourth-order valence-corrected chi connectivity index (χ4v) is 5.23. The van der Waals surface area contributed by atoms with Crippen molar-refractivity contribution < 1.29 is 4.79 Å². The fraction of sp³-hybridized carbons (Fsp3) is 0.500. The number of aryl methyl sites for hydroxylation is 1. The van der Waals surface area contributed by atoms with Crippen LogP contribution < -0.4 is 5.32 Å². The van der Waals surface area contributed by atoms with Crippen molar-refractivity contribution in [3.63, 3.8) is 0 Å². The summed E-state index contributed by atoms with van der Waals surface area (Å²) in [5.74, 6) is 0.635. The molecule has 4 heteroatoms. The fourth-order valence-electron chi connectivity index (χ4n) is 4.33. The van der Waals surface area contributed by atoms with Gasteiger partial charge >= 0.3 is 0 Å². The molecule has 1 N–H and O–H groups in total. The summed E-state index contributed by atoms with van der Waals surface area (Å²) in [4.78, 5) is 18.1. The molecule has 1 atom stereocenters. The van der Waals surface area contributed by atoms with Crippen LogP contribution in [0.25, 0.3) is 0 Å². The second kappa shape index (κ2) is 7.53. The van der Waals surface area contributed by atoms with Crippen molar-refractivity contribution in [2.45, 2.75) is 39.2 Å². The maximum atomic E-state index is 13.3. The zero-order valence-electron chi connectivity index (χ0n) is 15.5. The minimum Gasteiger partial charge on any atom is -0.337 e. The Morgan fingerprint density at radius 3 is 2.65 bits per heavy atom. The minimum absolute atomic E-state index is 0.251. The molecule has 0 radical (unpaired) electrons. The van der Waals surface area contributed by atoms with E-state index in [0.29, 0.717) is 11.3 Å². The van der Waals surface area contributed by atoms with Crippen LogP contribution in [0.3, 0.4) is 0 Å². The van der Waals surface area contributed by atoms with E-state index in [1.165, 1.54) is 15.3 Å². The zero-order chi connectivity index (χ0) is 18.0. The number of nitrogens with zero attached hydrogens (tertiary/aromatic N) is 1. The third-order valence-corrected chi connectivity index (χ3v) is 7.04. The summed E-state index contributed by atoms with van der Waals surface area (Å²) in [6.45, 7) is 5.84. The van der Waals surface area contributed by atoms with Crippen LogP contribution in [-0.2, 0) is 17.8 Å². The zero-order valence-corrected chi connectivity index (χ0v) is 16.4. The smallest absolute Gasteiger partial charge is 0.226 e. The highest BCUT2D eigenvalue weighted by atomic mass is 32.1. The van der Waals surface area contributed by atoms with Gasteiger partial charge in [-0.2, -0.15) is 0 Å². The number of hydrogen-bond acceptors (Lipinski definition) is 3. The third kappa shape index (κ3) is 3.86. The topological polar surface area (TPSA) is 32.3 Å². The predicted molar refractivity (Wildman–Crippen MR) is 107 cm³/mol. The van der Waals surface area contributed by atoms with Gasteiger partial charge in [0, 0.05) is 22.2 Å². The summed E-state index contributed by atoms with van der Waals surface area (Å²) < 4.78 is 0. The maximum absolute atomic E-state index is 13.3. The first-order valence-corrected chi connectivity index (χ1v) is 10.6. The molecule has 1 aliphatic carbocycles. The molecule has 1 saturated carbocycles. The SMILES string of the molecule is Cc1ccc(CN(CCc2ccccc2)C(=O)C2CC23CCNCC3)s1. The normalized spacial score (nSPS) is 20.9. The summed E-state index contributed by atoms with van der Waals surface area (Å²) in [5, 5.41) is 3.44. The summed E-state index contributed by atoms with van der Waals surface area (Å²) in [6.07, 6.45) is 4.35. The van der Waals surface area contributed by atoms with Crippen molar-refractivity contribution in [1.82, 2.24) is 10.2 Å². The largest absolute Gasteiger partial charge is 0.337 e. The molecule has 2 fully saturated rings. The van der Waals surface area contributed by atoms with Gasteiger partial charge in [0.25, 0.3) is 0 Å². The van der Waals surface area contributed by atoms with E-state index in [9.17, 15) is 4.79 Å². The average molecular weight is 369 g/mol. The molecule has 1 aromatic carbocycles. The van der Waals surface area contributed by atoms with Crippen molar-refractivity contribution >= 4 is 17.2 Å². The molecule has 1 amide bonds.